The highest BCUT2D eigenvalue weighted by atomic mass is 16.5. The third kappa shape index (κ3) is 2.61. The van der Waals surface area contributed by atoms with Gasteiger partial charge in [0.25, 0.3) is 0 Å². The highest BCUT2D eigenvalue weighted by Gasteiger charge is 2.28. The highest BCUT2D eigenvalue weighted by molar-refractivity contribution is 5.65. The van der Waals surface area contributed by atoms with Crippen LogP contribution in [0.2, 0.25) is 0 Å². The minimum atomic E-state index is 0.112. The van der Waals surface area contributed by atoms with Gasteiger partial charge in [0.2, 0.25) is 5.88 Å². The Kier molecular flexibility index (Phi) is 4.16. The lowest BCUT2D eigenvalue weighted by Gasteiger charge is -2.23. The van der Waals surface area contributed by atoms with Crippen molar-refractivity contribution in [1.29, 1.82) is 0 Å². The van der Waals surface area contributed by atoms with Crippen molar-refractivity contribution in [3.8, 4) is 17.1 Å². The van der Waals surface area contributed by atoms with Crippen LogP contribution in [0.15, 0.2) is 18.3 Å². The summed E-state index contributed by atoms with van der Waals surface area (Å²) in [7, 11) is 0. The smallest absolute Gasteiger partial charge is 0.215 e. The van der Waals surface area contributed by atoms with Gasteiger partial charge in [0, 0.05) is 28.9 Å². The Bertz CT molecular complexity index is 647. The lowest BCUT2D eigenvalue weighted by Crippen LogP contribution is -2.28. The standard InChI is InChI=1S/C17H23N3O2/c1-4-14-6-5-13(7-18-14)16-15(11(2)3)17-20(19-16)8-12(9-21)10-22-17/h5-7,11-12,21H,4,8-10H2,1-3H3. The predicted octanol–water partition coefficient (Wildman–Crippen LogP) is 2.63. The summed E-state index contributed by atoms with van der Waals surface area (Å²) < 4.78 is 7.78. The van der Waals surface area contributed by atoms with E-state index in [1.165, 1.54) is 0 Å². The maximum Gasteiger partial charge on any atom is 0.215 e. The third-order valence-electron chi connectivity index (χ3n) is 4.12. The molecule has 0 spiro atoms. The number of hydrogen-bond donors (Lipinski definition) is 1. The van der Waals surface area contributed by atoms with Gasteiger partial charge in [0.1, 0.15) is 5.69 Å². The highest BCUT2D eigenvalue weighted by Crippen LogP contribution is 2.38. The van der Waals surface area contributed by atoms with Gasteiger partial charge in [-0.3, -0.25) is 4.98 Å². The normalized spacial score (nSPS) is 17.4. The monoisotopic (exact) mass is 301 g/mol. The number of hydrogen-bond acceptors (Lipinski definition) is 4. The fraction of sp³-hybridized carbons (Fsp3) is 0.529. The average molecular weight is 301 g/mol. The molecule has 3 rings (SSSR count). The van der Waals surface area contributed by atoms with Gasteiger partial charge in [-0.05, 0) is 24.5 Å². The quantitative estimate of drug-likeness (QED) is 0.943. The molecule has 0 saturated carbocycles. The summed E-state index contributed by atoms with van der Waals surface area (Å²) >= 11 is 0. The topological polar surface area (TPSA) is 60.2 Å². The van der Waals surface area contributed by atoms with Gasteiger partial charge < -0.3 is 9.84 Å². The minimum Gasteiger partial charge on any atom is -0.477 e. The molecule has 0 fully saturated rings. The van der Waals surface area contributed by atoms with Gasteiger partial charge in [0.05, 0.1) is 19.8 Å². The van der Waals surface area contributed by atoms with E-state index in [0.29, 0.717) is 19.1 Å². The maximum absolute atomic E-state index is 9.35. The van der Waals surface area contributed by atoms with Crippen molar-refractivity contribution in [1.82, 2.24) is 14.8 Å². The average Bonchev–Trinajstić information content (AvgIpc) is 2.93. The van der Waals surface area contributed by atoms with Gasteiger partial charge in [-0.25, -0.2) is 4.68 Å². The molecular weight excluding hydrogens is 278 g/mol. The first-order valence-corrected chi connectivity index (χ1v) is 7.93. The molecule has 1 unspecified atom stereocenters. The predicted molar refractivity (Wildman–Crippen MR) is 85.0 cm³/mol. The van der Waals surface area contributed by atoms with Crippen LogP contribution in [-0.2, 0) is 13.0 Å². The second-order valence-corrected chi connectivity index (χ2v) is 6.16. The number of aromatic nitrogens is 3. The van der Waals surface area contributed by atoms with Crippen LogP contribution >= 0.6 is 0 Å². The van der Waals surface area contributed by atoms with Crippen LogP contribution in [0.25, 0.3) is 11.3 Å². The molecule has 1 aliphatic heterocycles. The van der Waals surface area contributed by atoms with E-state index in [1.54, 1.807) is 0 Å². The second kappa shape index (κ2) is 6.08. The van der Waals surface area contributed by atoms with Gasteiger partial charge in [-0.1, -0.05) is 20.8 Å². The lowest BCUT2D eigenvalue weighted by molar-refractivity contribution is 0.107. The fourth-order valence-electron chi connectivity index (χ4n) is 2.85. The van der Waals surface area contributed by atoms with Crippen LogP contribution in [0.1, 0.15) is 37.9 Å². The summed E-state index contributed by atoms with van der Waals surface area (Å²) in [5, 5.41) is 14.1. The summed E-state index contributed by atoms with van der Waals surface area (Å²) in [5.74, 6) is 1.27. The van der Waals surface area contributed by atoms with E-state index < -0.39 is 0 Å². The van der Waals surface area contributed by atoms with Gasteiger partial charge in [-0.2, -0.15) is 5.10 Å². The molecule has 0 aromatic carbocycles. The van der Waals surface area contributed by atoms with Crippen molar-refractivity contribution in [2.45, 2.75) is 39.7 Å². The zero-order valence-corrected chi connectivity index (χ0v) is 13.4. The molecule has 22 heavy (non-hydrogen) atoms. The summed E-state index contributed by atoms with van der Waals surface area (Å²) in [5.41, 5.74) is 4.17. The van der Waals surface area contributed by atoms with Gasteiger partial charge in [0.15, 0.2) is 0 Å². The fourth-order valence-corrected chi connectivity index (χ4v) is 2.85. The lowest BCUT2D eigenvalue weighted by atomic mass is 9.99. The van der Waals surface area contributed by atoms with E-state index in [1.807, 2.05) is 10.9 Å². The number of fused-ring (bicyclic) bond motifs is 1. The summed E-state index contributed by atoms with van der Waals surface area (Å²) in [4.78, 5) is 4.48. The molecule has 1 atom stereocenters. The number of pyridine rings is 1. The molecule has 118 valence electrons. The summed E-state index contributed by atoms with van der Waals surface area (Å²) in [6.45, 7) is 7.77. The SMILES string of the molecule is CCc1ccc(-c2nn3c(c2C(C)C)OCC(CO)C3)cn1. The molecular formula is C17H23N3O2. The van der Waals surface area contributed by atoms with Crippen LogP contribution in [0.4, 0.5) is 0 Å². The zero-order chi connectivity index (χ0) is 15.7. The number of rotatable bonds is 4. The Labute approximate surface area is 131 Å². The molecule has 0 amide bonds. The Hall–Kier alpha value is -1.88. The van der Waals surface area contributed by atoms with Crippen molar-refractivity contribution in [3.63, 3.8) is 0 Å². The number of aryl methyl sites for hydroxylation is 1. The van der Waals surface area contributed by atoms with Gasteiger partial charge in [-0.15, -0.1) is 0 Å². The molecule has 0 aliphatic carbocycles. The van der Waals surface area contributed by atoms with Crippen molar-refractivity contribution in [3.05, 3.63) is 29.6 Å². The third-order valence-corrected chi connectivity index (χ3v) is 4.12. The first-order valence-electron chi connectivity index (χ1n) is 7.93. The Morgan fingerprint density at radius 3 is 2.82 bits per heavy atom. The number of ether oxygens (including phenoxy) is 1. The van der Waals surface area contributed by atoms with E-state index in [-0.39, 0.29) is 12.5 Å². The van der Waals surface area contributed by atoms with E-state index in [4.69, 9.17) is 9.84 Å². The Morgan fingerprint density at radius 2 is 2.23 bits per heavy atom. The Morgan fingerprint density at radius 1 is 1.41 bits per heavy atom. The Balaban J connectivity index is 2.05. The van der Waals surface area contributed by atoms with Crippen LogP contribution < -0.4 is 4.74 Å². The van der Waals surface area contributed by atoms with E-state index in [2.05, 4.69) is 37.9 Å². The zero-order valence-electron chi connectivity index (χ0n) is 13.4. The van der Waals surface area contributed by atoms with Crippen molar-refractivity contribution in [2.24, 2.45) is 5.92 Å². The molecule has 2 aromatic heterocycles. The summed E-state index contributed by atoms with van der Waals surface area (Å²) in [6, 6.07) is 4.13. The minimum absolute atomic E-state index is 0.112. The first kappa shape index (κ1) is 15.0. The molecule has 0 saturated heterocycles. The van der Waals surface area contributed by atoms with Crippen molar-refractivity contribution >= 4 is 0 Å². The molecule has 0 bridgehead atoms. The molecule has 5 nitrogen and oxygen atoms in total. The molecule has 1 N–H and O–H groups in total. The van der Waals surface area contributed by atoms with Crippen LogP contribution in [0, 0.1) is 5.92 Å². The van der Waals surface area contributed by atoms with Crippen LogP contribution in [0.5, 0.6) is 5.88 Å². The summed E-state index contributed by atoms with van der Waals surface area (Å²) in [6.07, 6.45) is 2.82. The number of aliphatic hydroxyl groups is 1. The number of aliphatic hydroxyl groups excluding tert-OH is 1. The van der Waals surface area contributed by atoms with Crippen LogP contribution in [-0.4, -0.2) is 33.1 Å². The second-order valence-electron chi connectivity index (χ2n) is 6.16. The molecule has 3 heterocycles. The number of nitrogens with zero attached hydrogens (tertiary/aromatic N) is 3. The van der Waals surface area contributed by atoms with Crippen molar-refractivity contribution < 1.29 is 9.84 Å². The molecule has 2 aromatic rings. The first-order chi connectivity index (χ1) is 10.6. The molecule has 5 heteroatoms. The van der Waals surface area contributed by atoms with Crippen LogP contribution in [0.3, 0.4) is 0 Å². The van der Waals surface area contributed by atoms with Gasteiger partial charge >= 0.3 is 0 Å². The largest absolute Gasteiger partial charge is 0.477 e. The van der Waals surface area contributed by atoms with E-state index in [9.17, 15) is 5.11 Å². The van der Waals surface area contributed by atoms with Crippen molar-refractivity contribution in [2.75, 3.05) is 13.2 Å². The van der Waals surface area contributed by atoms with E-state index >= 15 is 0 Å². The molecule has 1 aliphatic rings. The molecule has 0 radical (unpaired) electrons. The van der Waals surface area contributed by atoms with E-state index in [0.717, 1.165) is 34.8 Å². The maximum atomic E-state index is 9.35.